The topological polar surface area (TPSA) is 116 Å². The van der Waals surface area contributed by atoms with Crippen molar-refractivity contribution in [2.45, 2.75) is 25.3 Å². The van der Waals surface area contributed by atoms with Crippen molar-refractivity contribution in [1.29, 1.82) is 0 Å². The number of thioether (sulfide) groups is 1. The van der Waals surface area contributed by atoms with E-state index in [0.29, 0.717) is 5.13 Å². The lowest BCUT2D eigenvalue weighted by molar-refractivity contribution is -0.124. The van der Waals surface area contributed by atoms with Crippen LogP contribution in [0.2, 0.25) is 0 Å². The molecule has 4 heterocycles. The van der Waals surface area contributed by atoms with E-state index in [-0.39, 0.29) is 22.9 Å². The van der Waals surface area contributed by atoms with E-state index in [0.717, 1.165) is 67.6 Å². The Hall–Kier alpha value is -2.14. The number of aromatic nitrogens is 2. The molecule has 2 saturated heterocycles. The van der Waals surface area contributed by atoms with Crippen LogP contribution in [-0.2, 0) is 4.79 Å². The van der Waals surface area contributed by atoms with Crippen LogP contribution >= 0.6 is 23.1 Å². The van der Waals surface area contributed by atoms with Crippen LogP contribution < -0.4 is 4.90 Å². The van der Waals surface area contributed by atoms with Crippen molar-refractivity contribution in [2.75, 3.05) is 43.1 Å². The summed E-state index contributed by atoms with van der Waals surface area (Å²) in [6, 6.07) is 5.60. The van der Waals surface area contributed by atoms with E-state index in [9.17, 15) is 4.79 Å². The Bertz CT molecular complexity index is 858. The summed E-state index contributed by atoms with van der Waals surface area (Å²) in [5.74, 6) is 3.35. The fraction of sp³-hybridized carbons (Fsp3) is 0.476. The molecule has 31 heavy (non-hydrogen) atoms. The van der Waals surface area contributed by atoms with E-state index >= 15 is 0 Å². The van der Waals surface area contributed by atoms with Crippen LogP contribution in [0.3, 0.4) is 0 Å². The highest BCUT2D eigenvalue weighted by Crippen LogP contribution is 2.30. The first-order valence-electron chi connectivity index (χ1n) is 10.1. The largest absolute Gasteiger partial charge is 0.412 e. The van der Waals surface area contributed by atoms with Crippen LogP contribution in [0.15, 0.2) is 42.2 Å². The molecule has 8 nitrogen and oxygen atoms in total. The molecule has 0 aliphatic carbocycles. The Morgan fingerprint density at radius 2 is 1.94 bits per heavy atom. The van der Waals surface area contributed by atoms with Gasteiger partial charge in [-0.2, -0.15) is 11.8 Å². The molecule has 0 aromatic carbocycles. The molecule has 0 unspecified atom stereocenters. The normalized spacial score (nSPS) is 18.5. The first-order chi connectivity index (χ1) is 14.1. The molecular weight excluding hydrogens is 434 g/mol. The molecule has 0 saturated carbocycles. The van der Waals surface area contributed by atoms with Crippen LogP contribution in [0.4, 0.5) is 5.13 Å². The van der Waals surface area contributed by atoms with Gasteiger partial charge in [0.05, 0.1) is 11.5 Å². The number of hydrogen-bond acceptors (Lipinski definition) is 7. The number of carbonyl (C=O) groups is 1. The van der Waals surface area contributed by atoms with E-state index in [2.05, 4.69) is 26.3 Å². The molecule has 1 amide bonds. The first-order valence-corrected chi connectivity index (χ1v) is 12.1. The fourth-order valence-electron chi connectivity index (χ4n) is 3.87. The maximum atomic E-state index is 13.4. The van der Waals surface area contributed by atoms with Gasteiger partial charge >= 0.3 is 0 Å². The summed E-state index contributed by atoms with van der Waals surface area (Å²) in [6.07, 6.45) is 4.80. The Morgan fingerprint density at radius 1 is 1.16 bits per heavy atom. The minimum absolute atomic E-state index is 0. The highest BCUT2D eigenvalue weighted by molar-refractivity contribution is 7.99. The predicted molar refractivity (Wildman–Crippen MR) is 128 cm³/mol. The van der Waals surface area contributed by atoms with Gasteiger partial charge in [0.25, 0.3) is 5.91 Å². The number of carbonyl (C=O) groups excluding carboxylic acids is 1. The quantitative estimate of drug-likeness (QED) is 0.666. The molecule has 0 radical (unpaired) electrons. The van der Waals surface area contributed by atoms with Crippen molar-refractivity contribution >= 4 is 34.1 Å². The number of amides is 1. The van der Waals surface area contributed by atoms with E-state index in [4.69, 9.17) is 0 Å². The highest BCUT2D eigenvalue weighted by atomic mass is 32.2. The van der Waals surface area contributed by atoms with E-state index < -0.39 is 0 Å². The molecule has 170 valence electrons. The lowest BCUT2D eigenvalue weighted by Gasteiger charge is -2.43. The van der Waals surface area contributed by atoms with Crippen LogP contribution in [0.25, 0.3) is 11.4 Å². The van der Waals surface area contributed by atoms with Gasteiger partial charge in [-0.25, -0.2) is 4.98 Å². The Kier molecular flexibility index (Phi) is 9.30. The molecule has 1 atom stereocenters. The Morgan fingerprint density at radius 3 is 2.65 bits per heavy atom. The molecule has 2 aliphatic rings. The number of piperidine rings is 1. The summed E-state index contributed by atoms with van der Waals surface area (Å²) in [4.78, 5) is 28.7. The van der Waals surface area contributed by atoms with Gasteiger partial charge in [-0.15, -0.1) is 11.3 Å². The Labute approximate surface area is 191 Å². The van der Waals surface area contributed by atoms with Crippen molar-refractivity contribution in [3.05, 3.63) is 42.2 Å². The van der Waals surface area contributed by atoms with Crippen molar-refractivity contribution in [2.24, 2.45) is 0 Å². The fourth-order valence-corrected chi connectivity index (χ4v) is 5.56. The minimum atomic E-state index is -0.168. The van der Waals surface area contributed by atoms with Gasteiger partial charge in [0.2, 0.25) is 0 Å². The number of hydrogen-bond donors (Lipinski definition) is 0. The highest BCUT2D eigenvalue weighted by Gasteiger charge is 2.34. The zero-order valence-electron chi connectivity index (χ0n) is 17.8. The van der Waals surface area contributed by atoms with Gasteiger partial charge in [-0.1, -0.05) is 12.6 Å². The molecule has 4 N–H and O–H groups in total. The number of likely N-dealkylation sites (tertiary alicyclic amines) is 1. The van der Waals surface area contributed by atoms with Gasteiger partial charge in [-0.05, 0) is 31.4 Å². The third kappa shape index (κ3) is 5.57. The zero-order chi connectivity index (χ0) is 20.2. The number of anilines is 1. The van der Waals surface area contributed by atoms with Crippen molar-refractivity contribution in [3.8, 4) is 11.4 Å². The van der Waals surface area contributed by atoms with E-state index in [1.165, 1.54) is 11.3 Å². The van der Waals surface area contributed by atoms with Crippen LogP contribution in [-0.4, -0.2) is 80.9 Å². The average molecular weight is 466 g/mol. The van der Waals surface area contributed by atoms with Crippen LogP contribution in [0, 0.1) is 0 Å². The standard InChI is InChI=1S/C21H27N5OS2.2H2O/c1-16(25-11-13-28-14-12-25)26-10-6-4-8-19(26)20(27)24(2)21-23-18(15-29-21)17-7-3-5-9-22-17;;/h3,5,7,9,15,19H,1,4,6,8,10-14H2,2H3;2*1H2/t19-;;/m0../s1. The number of likely N-dealkylation sites (N-methyl/N-ethyl adjacent to an activating group) is 1. The van der Waals surface area contributed by atoms with Crippen molar-refractivity contribution in [1.82, 2.24) is 19.8 Å². The zero-order valence-corrected chi connectivity index (χ0v) is 19.4. The lowest BCUT2D eigenvalue weighted by Crippen LogP contribution is -2.52. The third-order valence-electron chi connectivity index (χ3n) is 5.53. The summed E-state index contributed by atoms with van der Waals surface area (Å²) in [6.45, 7) is 7.27. The monoisotopic (exact) mass is 465 g/mol. The predicted octanol–water partition coefficient (Wildman–Crippen LogP) is 1.89. The van der Waals surface area contributed by atoms with Gasteiger partial charge in [0.1, 0.15) is 11.7 Å². The smallest absolute Gasteiger partial charge is 0.251 e. The molecule has 2 aromatic heterocycles. The molecule has 0 bridgehead atoms. The minimum Gasteiger partial charge on any atom is -0.412 e. The van der Waals surface area contributed by atoms with E-state index in [1.54, 1.807) is 11.1 Å². The number of pyridine rings is 1. The summed E-state index contributed by atoms with van der Waals surface area (Å²) < 4.78 is 0. The van der Waals surface area contributed by atoms with Crippen molar-refractivity contribution < 1.29 is 15.7 Å². The molecule has 2 aliphatic heterocycles. The van der Waals surface area contributed by atoms with Crippen molar-refractivity contribution in [3.63, 3.8) is 0 Å². The van der Waals surface area contributed by atoms with Crippen LogP contribution in [0.5, 0.6) is 0 Å². The lowest BCUT2D eigenvalue weighted by atomic mass is 10.0. The van der Waals surface area contributed by atoms with Gasteiger partial charge in [-0.3, -0.25) is 14.7 Å². The molecule has 2 aromatic rings. The molecule has 0 spiro atoms. The third-order valence-corrected chi connectivity index (χ3v) is 7.39. The number of thiazole rings is 1. The molecule has 2 fully saturated rings. The first kappa shape index (κ1) is 25.1. The second kappa shape index (κ2) is 11.5. The Balaban J connectivity index is 0.00000171. The molecule has 10 heteroatoms. The summed E-state index contributed by atoms with van der Waals surface area (Å²) >= 11 is 3.47. The van der Waals surface area contributed by atoms with Gasteiger partial charge < -0.3 is 20.8 Å². The number of rotatable bonds is 5. The average Bonchev–Trinajstić information content (AvgIpc) is 3.29. The van der Waals surface area contributed by atoms with E-state index in [1.807, 2.05) is 42.4 Å². The molecule has 4 rings (SSSR count). The summed E-state index contributed by atoms with van der Waals surface area (Å²) in [5.41, 5.74) is 1.63. The van der Waals surface area contributed by atoms with Crippen LogP contribution in [0.1, 0.15) is 19.3 Å². The summed E-state index contributed by atoms with van der Waals surface area (Å²) in [7, 11) is 1.83. The summed E-state index contributed by atoms with van der Waals surface area (Å²) in [5, 5.41) is 2.67. The number of nitrogens with zero attached hydrogens (tertiary/aromatic N) is 5. The second-order valence-corrected chi connectivity index (χ2v) is 9.41. The van der Waals surface area contributed by atoms with Gasteiger partial charge in [0.15, 0.2) is 5.13 Å². The SMILES string of the molecule is C=C(N1CCSCC1)N1CCCC[C@H]1C(=O)N(C)c1nc(-c2ccccn2)cs1.O.O. The second-order valence-electron chi connectivity index (χ2n) is 7.35. The maximum absolute atomic E-state index is 13.4. The maximum Gasteiger partial charge on any atom is 0.251 e. The van der Waals surface area contributed by atoms with Gasteiger partial charge in [0, 0.05) is 49.8 Å². The molecular formula is C21H31N5O3S2.